The molecule has 0 amide bonds. The van der Waals surface area contributed by atoms with Gasteiger partial charge in [0.05, 0.1) is 0 Å². The minimum Gasteiger partial charge on any atom is -0.359 e. The Morgan fingerprint density at radius 2 is 2.09 bits per heavy atom. The average molecular weight is 154 g/mol. The smallest absolute Gasteiger partial charge is 0.100 e. The molecule has 1 unspecified atom stereocenters. The summed E-state index contributed by atoms with van der Waals surface area (Å²) in [6.45, 7) is 7.73. The fourth-order valence-electron chi connectivity index (χ4n) is 1.88. The molecule has 0 aliphatic carbocycles. The van der Waals surface area contributed by atoms with E-state index in [1.807, 2.05) is 0 Å². The highest BCUT2D eigenvalue weighted by Gasteiger charge is 2.23. The summed E-state index contributed by atoms with van der Waals surface area (Å²) >= 11 is 0. The number of allylic oxidation sites excluding steroid dienone is 1. The van der Waals surface area contributed by atoms with Gasteiger partial charge in [0.1, 0.15) is 6.17 Å². The normalized spacial score (nSPS) is 24.4. The summed E-state index contributed by atoms with van der Waals surface area (Å²) in [5.74, 6) is 0. The molecule has 0 N–H and O–H groups in total. The zero-order valence-corrected chi connectivity index (χ0v) is 7.96. The lowest BCUT2D eigenvalue weighted by Crippen LogP contribution is -2.36. The van der Waals surface area contributed by atoms with E-state index in [9.17, 15) is 0 Å². The van der Waals surface area contributed by atoms with Gasteiger partial charge in [-0.2, -0.15) is 0 Å². The molecule has 11 heavy (non-hydrogen) atoms. The van der Waals surface area contributed by atoms with Crippen molar-refractivity contribution in [2.75, 3.05) is 13.6 Å². The van der Waals surface area contributed by atoms with E-state index in [4.69, 9.17) is 0 Å². The average Bonchev–Trinajstić information content (AvgIpc) is 2.24. The first-order valence-corrected chi connectivity index (χ1v) is 4.37. The van der Waals surface area contributed by atoms with Gasteiger partial charge in [0, 0.05) is 25.5 Å². The topological polar surface area (TPSA) is 6.48 Å². The van der Waals surface area contributed by atoms with Gasteiger partial charge >= 0.3 is 0 Å². The summed E-state index contributed by atoms with van der Waals surface area (Å²) in [5.41, 5.74) is 1.39. The van der Waals surface area contributed by atoms with Crippen LogP contribution in [0.2, 0.25) is 0 Å². The van der Waals surface area contributed by atoms with Gasteiger partial charge in [0.25, 0.3) is 0 Å². The van der Waals surface area contributed by atoms with Crippen LogP contribution in [-0.4, -0.2) is 29.6 Å². The molecule has 1 atom stereocenters. The highest BCUT2D eigenvalue weighted by molar-refractivity contribution is 5.05. The summed E-state index contributed by atoms with van der Waals surface area (Å²) in [6, 6.07) is 0. The van der Waals surface area contributed by atoms with Gasteiger partial charge in [-0.25, -0.2) is 0 Å². The second-order valence-electron chi connectivity index (χ2n) is 3.11. The molecule has 0 fully saturated rings. The van der Waals surface area contributed by atoms with Crippen LogP contribution >= 0.6 is 0 Å². The Bertz CT molecular complexity index is 163. The van der Waals surface area contributed by atoms with Crippen LogP contribution in [0.15, 0.2) is 11.9 Å². The van der Waals surface area contributed by atoms with Gasteiger partial charge in [-0.15, -0.1) is 0 Å². The summed E-state index contributed by atoms with van der Waals surface area (Å²) in [5, 5.41) is 0. The van der Waals surface area contributed by atoms with Crippen LogP contribution in [0.1, 0.15) is 27.2 Å². The summed E-state index contributed by atoms with van der Waals surface area (Å²) < 4.78 is 0. The van der Waals surface area contributed by atoms with Crippen molar-refractivity contribution < 1.29 is 0 Å². The van der Waals surface area contributed by atoms with E-state index >= 15 is 0 Å². The number of hydrogen-bond acceptors (Lipinski definition) is 2. The molecule has 1 aliphatic heterocycles. The SMILES string of the molecule is CCC1N(C)C=C(C)N1CC. The van der Waals surface area contributed by atoms with E-state index in [-0.39, 0.29) is 0 Å². The minimum atomic E-state index is 0.597. The first-order valence-electron chi connectivity index (χ1n) is 4.37. The molecule has 0 aromatic carbocycles. The predicted octanol–water partition coefficient (Wildman–Crippen LogP) is 1.85. The summed E-state index contributed by atoms with van der Waals surface area (Å²) in [6.07, 6.45) is 4.01. The van der Waals surface area contributed by atoms with Gasteiger partial charge in [0.2, 0.25) is 0 Å². The van der Waals surface area contributed by atoms with Crippen LogP contribution in [0.4, 0.5) is 0 Å². The van der Waals surface area contributed by atoms with Gasteiger partial charge < -0.3 is 9.80 Å². The molecule has 1 rings (SSSR count). The lowest BCUT2D eigenvalue weighted by atomic mass is 10.3. The van der Waals surface area contributed by atoms with Gasteiger partial charge in [-0.05, 0) is 20.3 Å². The highest BCUT2D eigenvalue weighted by atomic mass is 15.4. The van der Waals surface area contributed by atoms with E-state index in [0.29, 0.717) is 6.17 Å². The first-order chi connectivity index (χ1) is 5.20. The third-order valence-electron chi connectivity index (χ3n) is 2.38. The number of hydrogen-bond donors (Lipinski definition) is 0. The second kappa shape index (κ2) is 3.16. The Hall–Kier alpha value is -0.660. The van der Waals surface area contributed by atoms with Gasteiger partial charge in [-0.1, -0.05) is 6.92 Å². The Balaban J connectivity index is 2.68. The Morgan fingerprint density at radius 1 is 1.45 bits per heavy atom. The van der Waals surface area contributed by atoms with Crippen LogP contribution in [0.3, 0.4) is 0 Å². The van der Waals surface area contributed by atoms with Crippen molar-refractivity contribution in [1.82, 2.24) is 9.80 Å². The molecule has 0 spiro atoms. The molecule has 1 heterocycles. The van der Waals surface area contributed by atoms with Crippen molar-refractivity contribution >= 4 is 0 Å². The van der Waals surface area contributed by atoms with Gasteiger partial charge in [0.15, 0.2) is 0 Å². The zero-order valence-electron chi connectivity index (χ0n) is 7.96. The first kappa shape index (κ1) is 8.44. The largest absolute Gasteiger partial charge is 0.359 e. The molecule has 1 aliphatic rings. The van der Waals surface area contributed by atoms with E-state index in [2.05, 4.69) is 43.8 Å². The quantitative estimate of drug-likeness (QED) is 0.599. The molecule has 0 bridgehead atoms. The molecular weight excluding hydrogens is 136 g/mol. The fourth-order valence-corrected chi connectivity index (χ4v) is 1.88. The predicted molar refractivity (Wildman–Crippen MR) is 48.0 cm³/mol. The number of nitrogens with zero attached hydrogens (tertiary/aromatic N) is 2. The molecule has 0 aromatic heterocycles. The third kappa shape index (κ3) is 1.35. The molecule has 2 nitrogen and oxygen atoms in total. The van der Waals surface area contributed by atoms with Crippen molar-refractivity contribution in [2.24, 2.45) is 0 Å². The van der Waals surface area contributed by atoms with Crippen LogP contribution in [-0.2, 0) is 0 Å². The Kier molecular flexibility index (Phi) is 2.42. The van der Waals surface area contributed by atoms with Crippen molar-refractivity contribution in [2.45, 2.75) is 33.4 Å². The summed E-state index contributed by atoms with van der Waals surface area (Å²) in [7, 11) is 2.15. The third-order valence-corrected chi connectivity index (χ3v) is 2.38. The van der Waals surface area contributed by atoms with E-state index in [0.717, 1.165) is 6.54 Å². The van der Waals surface area contributed by atoms with Crippen LogP contribution in [0, 0.1) is 0 Å². The molecule has 0 aromatic rings. The molecule has 0 radical (unpaired) electrons. The highest BCUT2D eigenvalue weighted by Crippen LogP contribution is 2.21. The number of rotatable bonds is 2. The summed E-state index contributed by atoms with van der Waals surface area (Å²) in [4.78, 5) is 4.72. The van der Waals surface area contributed by atoms with Crippen molar-refractivity contribution in [1.29, 1.82) is 0 Å². The lowest BCUT2D eigenvalue weighted by Gasteiger charge is -2.30. The van der Waals surface area contributed by atoms with E-state index < -0.39 is 0 Å². The van der Waals surface area contributed by atoms with Crippen LogP contribution in [0.5, 0.6) is 0 Å². The lowest BCUT2D eigenvalue weighted by molar-refractivity contribution is 0.168. The second-order valence-corrected chi connectivity index (χ2v) is 3.11. The molecular formula is C9H18N2. The zero-order chi connectivity index (χ0) is 8.43. The molecule has 0 saturated heterocycles. The Labute approximate surface area is 69.5 Å². The standard InChI is InChI=1S/C9H18N2/c1-5-9-10(4)7-8(3)11(9)6-2/h7,9H,5-6H2,1-4H3. The van der Waals surface area contributed by atoms with Gasteiger partial charge in [-0.3, -0.25) is 0 Å². The minimum absolute atomic E-state index is 0.597. The fraction of sp³-hybridized carbons (Fsp3) is 0.778. The van der Waals surface area contributed by atoms with Crippen molar-refractivity contribution in [3.63, 3.8) is 0 Å². The molecule has 0 saturated carbocycles. The van der Waals surface area contributed by atoms with Crippen LogP contribution < -0.4 is 0 Å². The van der Waals surface area contributed by atoms with Crippen molar-refractivity contribution in [3.05, 3.63) is 11.9 Å². The Morgan fingerprint density at radius 3 is 2.45 bits per heavy atom. The maximum atomic E-state index is 2.43. The molecule has 2 heteroatoms. The monoisotopic (exact) mass is 154 g/mol. The van der Waals surface area contributed by atoms with E-state index in [1.54, 1.807) is 0 Å². The maximum absolute atomic E-state index is 2.43. The van der Waals surface area contributed by atoms with Crippen molar-refractivity contribution in [3.8, 4) is 0 Å². The van der Waals surface area contributed by atoms with Crippen LogP contribution in [0.25, 0.3) is 0 Å². The van der Waals surface area contributed by atoms with E-state index in [1.165, 1.54) is 12.1 Å². The maximum Gasteiger partial charge on any atom is 0.100 e. The molecule has 64 valence electrons.